The topological polar surface area (TPSA) is 81.3 Å². The summed E-state index contributed by atoms with van der Waals surface area (Å²) >= 11 is 0. The molecule has 2 heterocycles. The van der Waals surface area contributed by atoms with Crippen LogP contribution in [0.25, 0.3) is 0 Å². The highest BCUT2D eigenvalue weighted by Gasteiger charge is 2.31. The molecule has 0 radical (unpaired) electrons. The lowest BCUT2D eigenvalue weighted by Crippen LogP contribution is -2.50. The molecule has 1 saturated carbocycles. The first-order chi connectivity index (χ1) is 12.0. The van der Waals surface area contributed by atoms with E-state index in [2.05, 4.69) is 15.5 Å². The zero-order chi connectivity index (χ0) is 17.8. The minimum Gasteiger partial charge on any atom is -0.349 e. The molecule has 3 unspecified atom stereocenters. The second-order valence-corrected chi connectivity index (χ2v) is 7.54. The van der Waals surface area contributed by atoms with Gasteiger partial charge in [0.05, 0.1) is 0 Å². The van der Waals surface area contributed by atoms with E-state index >= 15 is 0 Å². The van der Waals surface area contributed by atoms with Crippen molar-refractivity contribution in [2.24, 2.45) is 5.92 Å². The number of nitrogens with zero attached hydrogens (tertiary/aromatic N) is 3. The molecule has 0 spiro atoms. The molecule has 7 nitrogen and oxygen atoms in total. The van der Waals surface area contributed by atoms with Gasteiger partial charge < -0.3 is 15.1 Å². The van der Waals surface area contributed by atoms with Crippen molar-refractivity contribution in [2.45, 2.75) is 50.5 Å². The average molecular weight is 347 g/mol. The summed E-state index contributed by atoms with van der Waals surface area (Å²) in [7, 11) is 3.60. The van der Waals surface area contributed by atoms with Crippen molar-refractivity contribution in [1.82, 2.24) is 25.3 Å². The van der Waals surface area contributed by atoms with Gasteiger partial charge in [0.2, 0.25) is 5.91 Å². The van der Waals surface area contributed by atoms with Crippen molar-refractivity contribution in [3.05, 3.63) is 18.0 Å². The number of nitrogens with one attached hydrogen (secondary N) is 2. The van der Waals surface area contributed by atoms with Gasteiger partial charge in [-0.1, -0.05) is 6.42 Å². The Morgan fingerprint density at radius 1 is 1.28 bits per heavy atom. The number of urea groups is 1. The number of rotatable bonds is 3. The molecule has 2 N–H and O–H groups in total. The Balaban J connectivity index is 1.53. The Morgan fingerprint density at radius 2 is 2.12 bits per heavy atom. The first kappa shape index (κ1) is 17.8. The number of carbonyl (C=O) groups excluding carboxylic acids is 2. The van der Waals surface area contributed by atoms with Gasteiger partial charge in [-0.25, -0.2) is 4.79 Å². The third-order valence-electron chi connectivity index (χ3n) is 5.46. The molecule has 0 bridgehead atoms. The largest absolute Gasteiger partial charge is 0.349 e. The summed E-state index contributed by atoms with van der Waals surface area (Å²) in [6, 6.07) is 2.10. The summed E-state index contributed by atoms with van der Waals surface area (Å²) in [5, 5.41) is 10.2. The van der Waals surface area contributed by atoms with Crippen LogP contribution < -0.4 is 5.32 Å². The minimum absolute atomic E-state index is 0.00664. The Kier molecular flexibility index (Phi) is 5.60. The van der Waals surface area contributed by atoms with Gasteiger partial charge in [0, 0.05) is 57.0 Å². The third-order valence-corrected chi connectivity index (χ3v) is 5.46. The van der Waals surface area contributed by atoms with Crippen LogP contribution in [0.1, 0.15) is 50.1 Å². The molecule has 3 rings (SSSR count). The number of amides is 3. The fourth-order valence-electron chi connectivity index (χ4n) is 4.09. The van der Waals surface area contributed by atoms with Gasteiger partial charge >= 0.3 is 6.03 Å². The fraction of sp³-hybridized carbons (Fsp3) is 0.722. The molecule has 138 valence electrons. The first-order valence-electron chi connectivity index (χ1n) is 9.30. The average Bonchev–Trinajstić information content (AvgIpc) is 3.16. The van der Waals surface area contributed by atoms with E-state index in [0.29, 0.717) is 5.92 Å². The highest BCUT2D eigenvalue weighted by molar-refractivity contribution is 5.79. The minimum atomic E-state index is 0.00664. The number of aromatic amines is 1. The summed E-state index contributed by atoms with van der Waals surface area (Å²) in [4.78, 5) is 28.5. The van der Waals surface area contributed by atoms with Crippen LogP contribution in [0.2, 0.25) is 0 Å². The summed E-state index contributed by atoms with van der Waals surface area (Å²) in [5.74, 6) is 0.542. The number of likely N-dealkylation sites (tertiary alicyclic amines) is 1. The molecule has 1 aliphatic heterocycles. The van der Waals surface area contributed by atoms with E-state index in [4.69, 9.17) is 0 Å². The molecule has 1 aromatic rings. The van der Waals surface area contributed by atoms with Crippen LogP contribution in [-0.2, 0) is 4.79 Å². The summed E-state index contributed by atoms with van der Waals surface area (Å²) < 4.78 is 0. The lowest BCUT2D eigenvalue weighted by molar-refractivity contribution is -0.134. The van der Waals surface area contributed by atoms with Gasteiger partial charge in [0.15, 0.2) is 0 Å². The van der Waals surface area contributed by atoms with Gasteiger partial charge in [0.25, 0.3) is 0 Å². The molecular formula is C18H29N5O2. The van der Waals surface area contributed by atoms with Crippen molar-refractivity contribution in [3.63, 3.8) is 0 Å². The Bertz CT molecular complexity index is 586. The maximum absolute atomic E-state index is 12.7. The van der Waals surface area contributed by atoms with Gasteiger partial charge in [-0.15, -0.1) is 0 Å². The van der Waals surface area contributed by atoms with E-state index < -0.39 is 0 Å². The second-order valence-electron chi connectivity index (χ2n) is 7.54. The zero-order valence-corrected chi connectivity index (χ0v) is 15.2. The predicted octanol–water partition coefficient (Wildman–Crippen LogP) is 1.95. The molecule has 25 heavy (non-hydrogen) atoms. The van der Waals surface area contributed by atoms with E-state index in [9.17, 15) is 9.59 Å². The SMILES string of the molecule is CN(C)C(=O)C1CCCC(NC(=O)N2CCCC(c3ccn[nH]3)C2)C1. The zero-order valence-electron chi connectivity index (χ0n) is 15.2. The molecule has 2 aliphatic rings. The van der Waals surface area contributed by atoms with E-state index in [1.807, 2.05) is 11.0 Å². The van der Waals surface area contributed by atoms with Gasteiger partial charge in [-0.3, -0.25) is 9.89 Å². The Hall–Kier alpha value is -2.05. The van der Waals surface area contributed by atoms with Crippen molar-refractivity contribution < 1.29 is 9.59 Å². The summed E-state index contributed by atoms with van der Waals surface area (Å²) in [6.07, 6.45) is 7.47. The number of hydrogen-bond acceptors (Lipinski definition) is 3. The normalized spacial score (nSPS) is 27.0. The fourth-order valence-corrected chi connectivity index (χ4v) is 4.09. The molecule has 0 aromatic carbocycles. The van der Waals surface area contributed by atoms with E-state index in [-0.39, 0.29) is 23.9 Å². The third kappa shape index (κ3) is 4.32. The lowest BCUT2D eigenvalue weighted by Gasteiger charge is -2.35. The molecule has 2 fully saturated rings. The quantitative estimate of drug-likeness (QED) is 0.877. The van der Waals surface area contributed by atoms with Gasteiger partial charge in [0.1, 0.15) is 0 Å². The molecule has 1 aromatic heterocycles. The molecule has 3 amide bonds. The van der Waals surface area contributed by atoms with E-state index in [1.54, 1.807) is 25.2 Å². The van der Waals surface area contributed by atoms with Crippen LogP contribution >= 0.6 is 0 Å². The first-order valence-corrected chi connectivity index (χ1v) is 9.30. The van der Waals surface area contributed by atoms with Gasteiger partial charge in [-0.05, 0) is 38.2 Å². The number of H-pyrrole nitrogens is 1. The van der Waals surface area contributed by atoms with Crippen molar-refractivity contribution in [3.8, 4) is 0 Å². The van der Waals surface area contributed by atoms with E-state index in [0.717, 1.165) is 57.3 Å². The molecular weight excluding hydrogens is 318 g/mol. The maximum Gasteiger partial charge on any atom is 0.317 e. The van der Waals surface area contributed by atoms with Crippen LogP contribution in [0, 0.1) is 5.92 Å². The molecule has 1 saturated heterocycles. The van der Waals surface area contributed by atoms with E-state index in [1.165, 1.54) is 0 Å². The smallest absolute Gasteiger partial charge is 0.317 e. The summed E-state index contributed by atoms with van der Waals surface area (Å²) in [5.41, 5.74) is 1.10. The molecule has 3 atom stereocenters. The van der Waals surface area contributed by atoms with Gasteiger partial charge in [-0.2, -0.15) is 5.10 Å². The van der Waals surface area contributed by atoms with Crippen molar-refractivity contribution in [1.29, 1.82) is 0 Å². The highest BCUT2D eigenvalue weighted by atomic mass is 16.2. The van der Waals surface area contributed by atoms with Crippen LogP contribution in [0.15, 0.2) is 12.3 Å². The van der Waals surface area contributed by atoms with Crippen molar-refractivity contribution >= 4 is 11.9 Å². The van der Waals surface area contributed by atoms with Crippen LogP contribution in [-0.4, -0.2) is 65.2 Å². The Morgan fingerprint density at radius 3 is 2.84 bits per heavy atom. The monoisotopic (exact) mass is 347 g/mol. The maximum atomic E-state index is 12.7. The van der Waals surface area contributed by atoms with Crippen molar-refractivity contribution in [2.75, 3.05) is 27.2 Å². The summed E-state index contributed by atoms with van der Waals surface area (Å²) in [6.45, 7) is 1.52. The standard InChI is InChI=1S/C18H29N5O2/c1-22(2)17(24)13-5-3-7-15(11-13)20-18(25)23-10-4-6-14(12-23)16-8-9-19-21-16/h8-9,13-15H,3-7,10-12H2,1-2H3,(H,19,21)(H,20,25). The lowest BCUT2D eigenvalue weighted by atomic mass is 9.85. The van der Waals surface area contributed by atoms with Crippen LogP contribution in [0.3, 0.4) is 0 Å². The number of piperidine rings is 1. The number of hydrogen-bond donors (Lipinski definition) is 2. The molecule has 7 heteroatoms. The highest BCUT2D eigenvalue weighted by Crippen LogP contribution is 2.27. The number of carbonyl (C=O) groups is 2. The number of aromatic nitrogens is 2. The van der Waals surface area contributed by atoms with Crippen LogP contribution in [0.5, 0.6) is 0 Å². The Labute approximate surface area is 149 Å². The predicted molar refractivity (Wildman–Crippen MR) is 95.1 cm³/mol. The van der Waals surface area contributed by atoms with Crippen LogP contribution in [0.4, 0.5) is 4.79 Å². The molecule has 1 aliphatic carbocycles. The second kappa shape index (κ2) is 7.89.